The summed E-state index contributed by atoms with van der Waals surface area (Å²) in [6.07, 6.45) is 1.62. The quantitative estimate of drug-likeness (QED) is 0.570. The maximum Gasteiger partial charge on any atom is 0.410 e. The lowest BCUT2D eigenvalue weighted by molar-refractivity contribution is -0.117. The molecule has 2 aliphatic rings. The molecule has 10 heteroatoms. The van der Waals surface area contributed by atoms with Gasteiger partial charge in [-0.15, -0.1) is 0 Å². The van der Waals surface area contributed by atoms with E-state index < -0.39 is 17.4 Å². The van der Waals surface area contributed by atoms with E-state index in [0.29, 0.717) is 39.0 Å². The van der Waals surface area contributed by atoms with Crippen LogP contribution in [0.15, 0.2) is 12.1 Å². The fourth-order valence-corrected chi connectivity index (χ4v) is 4.16. The summed E-state index contributed by atoms with van der Waals surface area (Å²) in [5.41, 5.74) is -0.389. The molecule has 2 aliphatic heterocycles. The summed E-state index contributed by atoms with van der Waals surface area (Å²) in [7, 11) is 1.67. The SMILES string of the molecule is CCOC(=O)c1ccc(NC(=O)CC2CCN(C(=O)OC(C)(C)C)CC2)c(N(C)[C@@H]2CCO2)c1F. The Morgan fingerprint density at radius 1 is 1.20 bits per heavy atom. The highest BCUT2D eigenvalue weighted by Gasteiger charge is 2.31. The van der Waals surface area contributed by atoms with Crippen molar-refractivity contribution in [3.05, 3.63) is 23.5 Å². The molecule has 2 heterocycles. The zero-order valence-corrected chi connectivity index (χ0v) is 21.2. The molecule has 35 heavy (non-hydrogen) atoms. The maximum atomic E-state index is 15.4. The standard InChI is InChI=1S/C25H36FN3O6/c1-6-33-23(31)17-7-8-18(22(21(17)26)28(5)20-11-14-34-20)27-19(30)15-16-9-12-29(13-10-16)24(32)35-25(2,3)4/h7-8,16,20H,6,9-15H2,1-5H3,(H,27,30)/t20-/m0/s1. The molecule has 0 saturated carbocycles. The number of carbonyl (C=O) groups excluding carboxylic acids is 3. The molecule has 1 aromatic carbocycles. The third-order valence-corrected chi connectivity index (χ3v) is 6.09. The van der Waals surface area contributed by atoms with Crippen molar-refractivity contribution in [1.29, 1.82) is 0 Å². The van der Waals surface area contributed by atoms with Crippen molar-refractivity contribution in [2.24, 2.45) is 5.92 Å². The van der Waals surface area contributed by atoms with Gasteiger partial charge in [0.2, 0.25) is 5.91 Å². The number of nitrogens with one attached hydrogen (secondary N) is 1. The Labute approximate surface area is 205 Å². The number of piperidine rings is 1. The number of anilines is 2. The number of ether oxygens (including phenoxy) is 3. The van der Waals surface area contributed by atoms with Crippen molar-refractivity contribution in [1.82, 2.24) is 4.90 Å². The molecule has 3 rings (SSSR count). The van der Waals surface area contributed by atoms with Crippen LogP contribution in [-0.4, -0.2) is 68.0 Å². The second-order valence-corrected chi connectivity index (χ2v) is 9.93. The van der Waals surface area contributed by atoms with Crippen LogP contribution in [0.4, 0.5) is 20.6 Å². The van der Waals surface area contributed by atoms with Crippen LogP contribution in [0.3, 0.4) is 0 Å². The number of benzene rings is 1. The minimum Gasteiger partial charge on any atom is -0.462 e. The molecule has 1 N–H and O–H groups in total. The van der Waals surface area contributed by atoms with Gasteiger partial charge in [0.25, 0.3) is 0 Å². The molecule has 0 spiro atoms. The van der Waals surface area contributed by atoms with E-state index in [0.717, 1.165) is 0 Å². The van der Waals surface area contributed by atoms with Crippen LogP contribution in [0.1, 0.15) is 63.7 Å². The van der Waals surface area contributed by atoms with Crippen LogP contribution in [0.5, 0.6) is 0 Å². The van der Waals surface area contributed by atoms with E-state index >= 15 is 4.39 Å². The molecule has 0 unspecified atom stereocenters. The predicted molar refractivity (Wildman–Crippen MR) is 129 cm³/mol. The van der Waals surface area contributed by atoms with Crippen molar-refractivity contribution in [2.45, 2.75) is 65.2 Å². The van der Waals surface area contributed by atoms with Gasteiger partial charge in [0, 0.05) is 33.0 Å². The van der Waals surface area contributed by atoms with Crippen molar-refractivity contribution in [3.63, 3.8) is 0 Å². The number of likely N-dealkylation sites (tertiary alicyclic amines) is 1. The Morgan fingerprint density at radius 3 is 2.40 bits per heavy atom. The molecule has 0 bridgehead atoms. The number of hydrogen-bond donors (Lipinski definition) is 1. The van der Waals surface area contributed by atoms with Crippen LogP contribution in [-0.2, 0) is 19.0 Å². The Hall–Kier alpha value is -2.88. The molecule has 2 saturated heterocycles. The minimum absolute atomic E-state index is 0.0911. The molecular weight excluding hydrogens is 457 g/mol. The van der Waals surface area contributed by atoms with E-state index in [2.05, 4.69) is 5.32 Å². The number of carbonyl (C=O) groups is 3. The molecule has 9 nitrogen and oxygen atoms in total. The smallest absolute Gasteiger partial charge is 0.410 e. The number of amides is 2. The summed E-state index contributed by atoms with van der Waals surface area (Å²) in [6.45, 7) is 8.86. The summed E-state index contributed by atoms with van der Waals surface area (Å²) in [5.74, 6) is -1.68. The largest absolute Gasteiger partial charge is 0.462 e. The van der Waals surface area contributed by atoms with Crippen LogP contribution < -0.4 is 10.2 Å². The maximum absolute atomic E-state index is 15.4. The Morgan fingerprint density at radius 2 is 1.86 bits per heavy atom. The van der Waals surface area contributed by atoms with E-state index in [4.69, 9.17) is 14.2 Å². The number of esters is 1. The Kier molecular flexibility index (Phi) is 8.58. The highest BCUT2D eigenvalue weighted by Crippen LogP contribution is 2.35. The first-order chi connectivity index (χ1) is 16.5. The minimum atomic E-state index is -0.760. The second kappa shape index (κ2) is 11.2. The van der Waals surface area contributed by atoms with Gasteiger partial charge in [-0.3, -0.25) is 4.79 Å². The molecular formula is C25H36FN3O6. The Balaban J connectivity index is 1.66. The third-order valence-electron chi connectivity index (χ3n) is 6.09. The molecule has 0 radical (unpaired) electrons. The first-order valence-corrected chi connectivity index (χ1v) is 12.1. The molecule has 1 atom stereocenters. The molecule has 1 aromatic rings. The first kappa shape index (κ1) is 26.7. The molecule has 0 aliphatic carbocycles. The van der Waals surface area contributed by atoms with Gasteiger partial charge in [0.15, 0.2) is 5.82 Å². The van der Waals surface area contributed by atoms with E-state index in [1.165, 1.54) is 12.1 Å². The van der Waals surface area contributed by atoms with Crippen LogP contribution in [0.25, 0.3) is 0 Å². The summed E-state index contributed by atoms with van der Waals surface area (Å²) in [6, 6.07) is 2.84. The average Bonchev–Trinajstić information content (AvgIpc) is 2.72. The van der Waals surface area contributed by atoms with Gasteiger partial charge in [-0.05, 0) is 58.6 Å². The van der Waals surface area contributed by atoms with Gasteiger partial charge in [-0.1, -0.05) is 0 Å². The third kappa shape index (κ3) is 6.84. The summed E-state index contributed by atoms with van der Waals surface area (Å²) in [4.78, 5) is 40.6. The van der Waals surface area contributed by atoms with Crippen LogP contribution >= 0.6 is 0 Å². The van der Waals surface area contributed by atoms with E-state index in [1.807, 2.05) is 20.8 Å². The molecule has 194 valence electrons. The second-order valence-electron chi connectivity index (χ2n) is 9.93. The number of halogens is 1. The fourth-order valence-electron chi connectivity index (χ4n) is 4.16. The summed E-state index contributed by atoms with van der Waals surface area (Å²) in [5, 5.41) is 2.81. The topological polar surface area (TPSA) is 97.4 Å². The zero-order chi connectivity index (χ0) is 25.8. The monoisotopic (exact) mass is 493 g/mol. The predicted octanol–water partition coefficient (Wildman–Crippen LogP) is 4.16. The van der Waals surface area contributed by atoms with Gasteiger partial charge >= 0.3 is 12.1 Å². The highest BCUT2D eigenvalue weighted by molar-refractivity contribution is 5.98. The number of nitrogens with zero attached hydrogens (tertiary/aromatic N) is 2. The molecule has 0 aromatic heterocycles. The highest BCUT2D eigenvalue weighted by atomic mass is 19.1. The van der Waals surface area contributed by atoms with Gasteiger partial charge in [0.1, 0.15) is 11.8 Å². The number of hydrogen-bond acceptors (Lipinski definition) is 7. The lowest BCUT2D eigenvalue weighted by atomic mass is 9.93. The zero-order valence-electron chi connectivity index (χ0n) is 21.2. The van der Waals surface area contributed by atoms with Crippen molar-refractivity contribution in [3.8, 4) is 0 Å². The van der Waals surface area contributed by atoms with Crippen molar-refractivity contribution < 1.29 is 33.0 Å². The van der Waals surface area contributed by atoms with Gasteiger partial charge < -0.3 is 29.3 Å². The Bertz CT molecular complexity index is 936. The van der Waals surface area contributed by atoms with Gasteiger partial charge in [0.05, 0.1) is 30.2 Å². The lowest BCUT2D eigenvalue weighted by Crippen LogP contribution is -2.43. The van der Waals surface area contributed by atoms with Crippen molar-refractivity contribution in [2.75, 3.05) is 43.6 Å². The van der Waals surface area contributed by atoms with E-state index in [-0.39, 0.29) is 54.1 Å². The van der Waals surface area contributed by atoms with Gasteiger partial charge in [-0.2, -0.15) is 0 Å². The summed E-state index contributed by atoms with van der Waals surface area (Å²) < 4.78 is 31.3. The fraction of sp³-hybridized carbons (Fsp3) is 0.640. The van der Waals surface area contributed by atoms with Gasteiger partial charge in [-0.25, -0.2) is 14.0 Å². The van der Waals surface area contributed by atoms with Crippen molar-refractivity contribution >= 4 is 29.3 Å². The first-order valence-electron chi connectivity index (χ1n) is 12.1. The van der Waals surface area contributed by atoms with E-state index in [9.17, 15) is 14.4 Å². The normalized spacial score (nSPS) is 18.5. The molecule has 2 amide bonds. The van der Waals surface area contributed by atoms with Crippen LogP contribution in [0.2, 0.25) is 0 Å². The molecule has 2 fully saturated rings. The lowest BCUT2D eigenvalue weighted by Gasteiger charge is -2.37. The summed E-state index contributed by atoms with van der Waals surface area (Å²) >= 11 is 0. The average molecular weight is 494 g/mol. The van der Waals surface area contributed by atoms with Crippen LogP contribution in [0, 0.1) is 11.7 Å². The van der Waals surface area contributed by atoms with E-state index in [1.54, 1.807) is 23.8 Å². The number of rotatable bonds is 7.